The zero-order valence-corrected chi connectivity index (χ0v) is 19.8. The number of alkyl halides is 3. The van der Waals surface area contributed by atoms with Gasteiger partial charge in [0.15, 0.2) is 0 Å². The molecule has 13 heteroatoms. The summed E-state index contributed by atoms with van der Waals surface area (Å²) in [7, 11) is 1.74. The molecule has 1 aliphatic rings. The first-order chi connectivity index (χ1) is 16.8. The number of rotatable bonds is 6. The smallest absolute Gasteiger partial charge is 0.478 e. The SMILES string of the molecule is CN(CC(=O)N1CCCC1)c1ccc(NC(=O)c2cccc(Cl)c2)c(C(=O)O)c1.O=C(O)C(F)(F)F. The van der Waals surface area contributed by atoms with Gasteiger partial charge in [-0.25, -0.2) is 9.59 Å². The summed E-state index contributed by atoms with van der Waals surface area (Å²) in [6.07, 6.45) is -3.06. The molecule has 0 bridgehead atoms. The van der Waals surface area contributed by atoms with Crippen LogP contribution in [0.3, 0.4) is 0 Å². The van der Waals surface area contributed by atoms with E-state index in [1.165, 1.54) is 18.2 Å². The fraction of sp³-hybridized carbons (Fsp3) is 0.304. The number of amides is 2. The van der Waals surface area contributed by atoms with Crippen LogP contribution in [0.25, 0.3) is 0 Å². The minimum atomic E-state index is -5.08. The lowest BCUT2D eigenvalue weighted by Crippen LogP contribution is -2.37. The number of carbonyl (C=O) groups is 4. The van der Waals surface area contributed by atoms with Crippen molar-refractivity contribution in [1.82, 2.24) is 4.90 Å². The molecule has 1 aliphatic heterocycles. The maximum absolute atomic E-state index is 12.4. The van der Waals surface area contributed by atoms with E-state index >= 15 is 0 Å². The topological polar surface area (TPSA) is 127 Å². The van der Waals surface area contributed by atoms with Gasteiger partial charge in [0.25, 0.3) is 5.91 Å². The average molecular weight is 530 g/mol. The van der Waals surface area contributed by atoms with E-state index in [0.717, 1.165) is 25.9 Å². The first-order valence-corrected chi connectivity index (χ1v) is 10.9. The number of hydrogen-bond donors (Lipinski definition) is 3. The Morgan fingerprint density at radius 3 is 2.19 bits per heavy atom. The van der Waals surface area contributed by atoms with Crippen LogP contribution in [0, 0.1) is 0 Å². The molecule has 0 spiro atoms. The van der Waals surface area contributed by atoms with Crippen LogP contribution in [-0.4, -0.2) is 71.7 Å². The van der Waals surface area contributed by atoms with Crippen molar-refractivity contribution in [2.24, 2.45) is 0 Å². The maximum atomic E-state index is 12.4. The van der Waals surface area contributed by atoms with E-state index in [1.54, 1.807) is 36.2 Å². The van der Waals surface area contributed by atoms with Crippen molar-refractivity contribution in [2.45, 2.75) is 19.0 Å². The van der Waals surface area contributed by atoms with Crippen molar-refractivity contribution in [3.8, 4) is 0 Å². The Morgan fingerprint density at radius 1 is 1.06 bits per heavy atom. The number of nitrogens with zero attached hydrogens (tertiary/aromatic N) is 2. The summed E-state index contributed by atoms with van der Waals surface area (Å²) in [5.74, 6) is -4.37. The molecule has 2 amide bonds. The third-order valence-corrected chi connectivity index (χ3v) is 5.32. The van der Waals surface area contributed by atoms with Gasteiger partial charge in [-0.15, -0.1) is 0 Å². The second-order valence-corrected chi connectivity index (χ2v) is 8.18. The highest BCUT2D eigenvalue weighted by molar-refractivity contribution is 6.31. The number of carboxylic acid groups (broad SMARTS) is 2. The molecule has 194 valence electrons. The van der Waals surface area contributed by atoms with Gasteiger partial charge >= 0.3 is 18.1 Å². The van der Waals surface area contributed by atoms with Gasteiger partial charge in [0, 0.05) is 36.4 Å². The minimum Gasteiger partial charge on any atom is -0.478 e. The lowest BCUT2D eigenvalue weighted by molar-refractivity contribution is -0.192. The van der Waals surface area contributed by atoms with Crippen molar-refractivity contribution in [2.75, 3.05) is 36.9 Å². The highest BCUT2D eigenvalue weighted by Crippen LogP contribution is 2.24. The second kappa shape index (κ2) is 12.2. The molecule has 1 fully saturated rings. The number of aromatic carboxylic acids is 1. The first-order valence-electron chi connectivity index (χ1n) is 10.5. The van der Waals surface area contributed by atoms with E-state index in [4.69, 9.17) is 21.5 Å². The van der Waals surface area contributed by atoms with Gasteiger partial charge < -0.3 is 25.3 Å². The highest BCUT2D eigenvalue weighted by Gasteiger charge is 2.38. The van der Waals surface area contributed by atoms with Gasteiger partial charge in [0.2, 0.25) is 5.91 Å². The number of nitrogens with one attached hydrogen (secondary N) is 1. The zero-order chi connectivity index (χ0) is 27.0. The number of aliphatic carboxylic acids is 1. The third-order valence-electron chi connectivity index (χ3n) is 5.08. The van der Waals surface area contributed by atoms with Crippen LogP contribution in [0.5, 0.6) is 0 Å². The van der Waals surface area contributed by atoms with Gasteiger partial charge in [-0.1, -0.05) is 17.7 Å². The van der Waals surface area contributed by atoms with Crippen LogP contribution in [0.15, 0.2) is 42.5 Å². The van der Waals surface area contributed by atoms with E-state index in [2.05, 4.69) is 5.32 Å². The van der Waals surface area contributed by atoms with Crippen LogP contribution >= 0.6 is 11.6 Å². The molecule has 2 aromatic carbocycles. The Labute approximate surface area is 209 Å². The van der Waals surface area contributed by atoms with Crippen LogP contribution in [0.1, 0.15) is 33.6 Å². The highest BCUT2D eigenvalue weighted by atomic mass is 35.5. The van der Waals surface area contributed by atoms with Crippen molar-refractivity contribution in [3.05, 3.63) is 58.6 Å². The summed E-state index contributed by atoms with van der Waals surface area (Å²) in [6, 6.07) is 11.0. The summed E-state index contributed by atoms with van der Waals surface area (Å²) in [5, 5.41) is 19.7. The van der Waals surface area contributed by atoms with Crippen molar-refractivity contribution in [1.29, 1.82) is 0 Å². The molecule has 0 atom stereocenters. The largest absolute Gasteiger partial charge is 0.490 e. The normalized spacial score (nSPS) is 12.9. The molecule has 1 heterocycles. The van der Waals surface area contributed by atoms with E-state index in [-0.39, 0.29) is 23.7 Å². The van der Waals surface area contributed by atoms with Crippen molar-refractivity contribution >= 4 is 46.7 Å². The van der Waals surface area contributed by atoms with Gasteiger partial charge in [0.05, 0.1) is 17.8 Å². The summed E-state index contributed by atoms with van der Waals surface area (Å²) < 4.78 is 31.7. The molecule has 0 radical (unpaired) electrons. The molecule has 2 aromatic rings. The fourth-order valence-electron chi connectivity index (χ4n) is 3.24. The number of carboxylic acids is 2. The van der Waals surface area contributed by atoms with Gasteiger partial charge in [0.1, 0.15) is 0 Å². The summed E-state index contributed by atoms with van der Waals surface area (Å²) in [5.41, 5.74) is 1.02. The number of anilines is 2. The van der Waals surface area contributed by atoms with Crippen LogP contribution < -0.4 is 10.2 Å². The molecule has 0 aliphatic carbocycles. The lowest BCUT2D eigenvalue weighted by atomic mass is 10.1. The lowest BCUT2D eigenvalue weighted by Gasteiger charge is -2.23. The van der Waals surface area contributed by atoms with Crippen molar-refractivity contribution < 1.29 is 42.6 Å². The molecule has 0 saturated carbocycles. The Hall–Kier alpha value is -3.80. The Bertz CT molecular complexity index is 1140. The Morgan fingerprint density at radius 2 is 1.67 bits per heavy atom. The van der Waals surface area contributed by atoms with Gasteiger partial charge in [-0.05, 0) is 49.2 Å². The average Bonchev–Trinajstić information content (AvgIpc) is 3.34. The van der Waals surface area contributed by atoms with E-state index in [1.807, 2.05) is 4.90 Å². The number of likely N-dealkylation sites (N-methyl/N-ethyl adjacent to an activating group) is 1. The quantitative estimate of drug-likeness (QED) is 0.516. The number of hydrogen-bond acceptors (Lipinski definition) is 5. The fourth-order valence-corrected chi connectivity index (χ4v) is 3.43. The van der Waals surface area contributed by atoms with Crippen molar-refractivity contribution in [3.63, 3.8) is 0 Å². The molecular weight excluding hydrogens is 507 g/mol. The van der Waals surface area contributed by atoms with Gasteiger partial charge in [-0.2, -0.15) is 13.2 Å². The van der Waals surface area contributed by atoms with E-state index in [9.17, 15) is 32.7 Å². The van der Waals surface area contributed by atoms with Crippen LogP contribution in [0.4, 0.5) is 24.5 Å². The number of benzene rings is 2. The minimum absolute atomic E-state index is 0.0141. The zero-order valence-electron chi connectivity index (χ0n) is 19.0. The Kier molecular flexibility index (Phi) is 9.68. The summed E-state index contributed by atoms with van der Waals surface area (Å²) >= 11 is 5.91. The molecule has 3 rings (SSSR count). The number of carbonyl (C=O) groups excluding carboxylic acids is 2. The predicted molar refractivity (Wildman–Crippen MR) is 126 cm³/mol. The monoisotopic (exact) mass is 529 g/mol. The standard InChI is InChI=1S/C21H22ClN3O4.C2HF3O2/c1-24(13-19(26)25-9-2-3-10-25)16-7-8-18(17(12-16)21(28)29)23-20(27)14-5-4-6-15(22)11-14;3-2(4,5)1(6)7/h4-8,11-12H,2-3,9-10,13H2,1H3,(H,23,27)(H,28,29);(H,6,7). The first kappa shape index (κ1) is 28.4. The van der Waals surface area contributed by atoms with E-state index < -0.39 is 24.0 Å². The molecular formula is C23H23ClF3N3O6. The molecule has 36 heavy (non-hydrogen) atoms. The van der Waals surface area contributed by atoms with Crippen LogP contribution in [0.2, 0.25) is 5.02 Å². The predicted octanol–water partition coefficient (Wildman–Crippen LogP) is 3.98. The molecule has 1 saturated heterocycles. The maximum Gasteiger partial charge on any atom is 0.490 e. The Balaban J connectivity index is 0.000000572. The third kappa shape index (κ3) is 8.15. The number of likely N-dealkylation sites (tertiary alicyclic amines) is 1. The molecule has 3 N–H and O–H groups in total. The van der Waals surface area contributed by atoms with Gasteiger partial charge in [-0.3, -0.25) is 9.59 Å². The summed E-state index contributed by atoms with van der Waals surface area (Å²) in [6.45, 7) is 1.69. The molecule has 9 nitrogen and oxygen atoms in total. The van der Waals surface area contributed by atoms with E-state index in [0.29, 0.717) is 16.3 Å². The molecule has 0 unspecified atom stereocenters. The molecule has 0 aromatic heterocycles. The summed E-state index contributed by atoms with van der Waals surface area (Å²) in [4.78, 5) is 48.9. The number of halogens is 4. The van der Waals surface area contributed by atoms with Crippen LogP contribution in [-0.2, 0) is 9.59 Å². The second-order valence-electron chi connectivity index (χ2n) is 7.75.